The zero-order chi connectivity index (χ0) is 33.3. The summed E-state index contributed by atoms with van der Waals surface area (Å²) in [6.07, 6.45) is 0.226. The van der Waals surface area contributed by atoms with Crippen LogP contribution >= 0.6 is 15.9 Å². The summed E-state index contributed by atoms with van der Waals surface area (Å²) in [4.78, 5) is 29.8. The molecule has 1 atom stereocenters. The minimum Gasteiger partial charge on any atom is -0.493 e. The third-order valence-corrected chi connectivity index (χ3v) is 9.55. The van der Waals surface area contributed by atoms with Crippen molar-refractivity contribution in [2.75, 3.05) is 25.1 Å². The highest BCUT2D eigenvalue weighted by molar-refractivity contribution is 9.10. The molecule has 2 amide bonds. The van der Waals surface area contributed by atoms with E-state index < -0.39 is 28.5 Å². The van der Waals surface area contributed by atoms with E-state index in [1.807, 2.05) is 68.4 Å². The first-order valence-corrected chi connectivity index (χ1v) is 16.9. The first kappa shape index (κ1) is 34.5. The molecule has 0 radical (unpaired) electrons. The van der Waals surface area contributed by atoms with Gasteiger partial charge in [0.15, 0.2) is 11.5 Å². The molecule has 0 aliphatic heterocycles. The van der Waals surface area contributed by atoms with E-state index in [0.717, 1.165) is 19.9 Å². The summed E-state index contributed by atoms with van der Waals surface area (Å²) in [5.41, 5.74) is 1.83. The molecular weight excluding hydrogens is 670 g/mol. The van der Waals surface area contributed by atoms with Crippen molar-refractivity contribution in [2.45, 2.75) is 43.8 Å². The highest BCUT2D eigenvalue weighted by Crippen LogP contribution is 2.34. The number of carbonyl (C=O) groups excluding carboxylic acids is 2. The molecule has 0 aliphatic rings. The SMILES string of the molecule is COc1ccc(N(CC(=O)N(Cc2ccc(Br)cc2)[C@@H](Cc2ccccc2)C(=O)NC(C)C)S(=O)(=O)c2ccccc2)cc1OC. The molecule has 0 aromatic heterocycles. The van der Waals surface area contributed by atoms with Crippen molar-refractivity contribution < 1.29 is 27.5 Å². The van der Waals surface area contributed by atoms with Crippen LogP contribution in [-0.2, 0) is 32.6 Å². The number of nitrogens with one attached hydrogen (secondary N) is 1. The number of methoxy groups -OCH3 is 2. The fourth-order valence-electron chi connectivity index (χ4n) is 4.95. The zero-order valence-corrected chi connectivity index (χ0v) is 28.6. The Kier molecular flexibility index (Phi) is 11.8. The lowest BCUT2D eigenvalue weighted by Crippen LogP contribution is -2.54. The van der Waals surface area contributed by atoms with E-state index in [1.54, 1.807) is 30.3 Å². The number of sulfonamides is 1. The summed E-state index contributed by atoms with van der Waals surface area (Å²) in [7, 11) is -1.32. The van der Waals surface area contributed by atoms with Crippen LogP contribution in [0, 0.1) is 0 Å². The van der Waals surface area contributed by atoms with E-state index in [4.69, 9.17) is 9.47 Å². The van der Waals surface area contributed by atoms with Crippen LogP contribution < -0.4 is 19.1 Å². The Morgan fingerprint density at radius 2 is 1.41 bits per heavy atom. The second kappa shape index (κ2) is 15.8. The summed E-state index contributed by atoms with van der Waals surface area (Å²) in [6, 6.07) is 28.3. The topological polar surface area (TPSA) is 105 Å². The smallest absolute Gasteiger partial charge is 0.264 e. The normalized spacial score (nSPS) is 11.9. The van der Waals surface area contributed by atoms with Gasteiger partial charge >= 0.3 is 0 Å². The van der Waals surface area contributed by atoms with Gasteiger partial charge in [-0.25, -0.2) is 8.42 Å². The minimum atomic E-state index is -4.25. The van der Waals surface area contributed by atoms with Gasteiger partial charge in [0, 0.05) is 29.5 Å². The maximum absolute atomic E-state index is 14.6. The number of ether oxygens (including phenoxy) is 2. The minimum absolute atomic E-state index is 0.00966. The van der Waals surface area contributed by atoms with Gasteiger partial charge in [0.2, 0.25) is 11.8 Å². The van der Waals surface area contributed by atoms with Crippen molar-refractivity contribution >= 4 is 43.5 Å². The predicted molar refractivity (Wildman–Crippen MR) is 182 cm³/mol. The van der Waals surface area contributed by atoms with Gasteiger partial charge in [-0.3, -0.25) is 13.9 Å². The largest absolute Gasteiger partial charge is 0.493 e. The predicted octanol–water partition coefficient (Wildman–Crippen LogP) is 5.83. The second-order valence-corrected chi connectivity index (χ2v) is 13.7. The third-order valence-electron chi connectivity index (χ3n) is 7.23. The second-order valence-electron chi connectivity index (χ2n) is 10.9. The maximum atomic E-state index is 14.6. The average molecular weight is 709 g/mol. The lowest BCUT2D eigenvalue weighted by Gasteiger charge is -2.34. The molecule has 4 aromatic rings. The molecule has 0 fully saturated rings. The number of rotatable bonds is 14. The van der Waals surface area contributed by atoms with Gasteiger partial charge in [-0.1, -0.05) is 76.6 Å². The summed E-state index contributed by atoms with van der Waals surface area (Å²) < 4.78 is 41.1. The molecule has 1 N–H and O–H groups in total. The van der Waals surface area contributed by atoms with Gasteiger partial charge in [-0.15, -0.1) is 0 Å². The van der Waals surface area contributed by atoms with Crippen LogP contribution in [0.5, 0.6) is 11.5 Å². The van der Waals surface area contributed by atoms with Crippen molar-refractivity contribution in [2.24, 2.45) is 0 Å². The molecule has 0 aliphatic carbocycles. The molecule has 242 valence electrons. The molecule has 4 rings (SSSR count). The van der Waals surface area contributed by atoms with Crippen LogP contribution in [0.1, 0.15) is 25.0 Å². The van der Waals surface area contributed by atoms with Crippen molar-refractivity contribution in [3.05, 3.63) is 119 Å². The first-order valence-electron chi connectivity index (χ1n) is 14.7. The highest BCUT2D eigenvalue weighted by atomic mass is 79.9. The van der Waals surface area contributed by atoms with E-state index in [9.17, 15) is 18.0 Å². The van der Waals surface area contributed by atoms with Crippen LogP contribution in [0.2, 0.25) is 0 Å². The van der Waals surface area contributed by atoms with E-state index in [-0.39, 0.29) is 35.5 Å². The summed E-state index contributed by atoms with van der Waals surface area (Å²) in [5.74, 6) is -0.199. The fourth-order valence-corrected chi connectivity index (χ4v) is 6.64. The Balaban J connectivity index is 1.83. The molecule has 46 heavy (non-hydrogen) atoms. The Morgan fingerprint density at radius 1 is 0.804 bits per heavy atom. The van der Waals surface area contributed by atoms with Gasteiger partial charge < -0.3 is 19.7 Å². The summed E-state index contributed by atoms with van der Waals surface area (Å²) in [6.45, 7) is 3.19. The van der Waals surface area contributed by atoms with Crippen LogP contribution in [0.3, 0.4) is 0 Å². The van der Waals surface area contributed by atoms with Crippen molar-refractivity contribution in [1.82, 2.24) is 10.2 Å². The number of hydrogen-bond donors (Lipinski definition) is 1. The number of anilines is 1. The van der Waals surface area contributed by atoms with E-state index in [1.165, 1.54) is 37.3 Å². The van der Waals surface area contributed by atoms with Crippen LogP contribution in [0.4, 0.5) is 5.69 Å². The molecule has 0 saturated heterocycles. The van der Waals surface area contributed by atoms with E-state index >= 15 is 0 Å². The lowest BCUT2D eigenvalue weighted by atomic mass is 10.0. The molecule has 11 heteroatoms. The molecule has 0 heterocycles. The number of nitrogens with zero attached hydrogens (tertiary/aromatic N) is 2. The Hall–Kier alpha value is -4.35. The van der Waals surface area contributed by atoms with E-state index in [2.05, 4.69) is 21.2 Å². The van der Waals surface area contributed by atoms with E-state index in [0.29, 0.717) is 11.5 Å². The monoisotopic (exact) mass is 707 g/mol. The Bertz CT molecular complexity index is 1720. The van der Waals surface area contributed by atoms with Crippen LogP contribution in [0.25, 0.3) is 0 Å². The van der Waals surface area contributed by atoms with Gasteiger partial charge in [0.1, 0.15) is 12.6 Å². The number of halogens is 1. The molecule has 4 aromatic carbocycles. The van der Waals surface area contributed by atoms with Crippen molar-refractivity contribution in [1.29, 1.82) is 0 Å². The fraction of sp³-hybridized carbons (Fsp3) is 0.257. The number of benzene rings is 4. The molecule has 0 saturated carbocycles. The van der Waals surface area contributed by atoms with Crippen molar-refractivity contribution in [3.8, 4) is 11.5 Å². The number of carbonyl (C=O) groups is 2. The van der Waals surface area contributed by atoms with Gasteiger partial charge in [-0.05, 0) is 61.4 Å². The summed E-state index contributed by atoms with van der Waals surface area (Å²) >= 11 is 3.45. The third kappa shape index (κ3) is 8.67. The standard InChI is InChI=1S/C35H38BrN3O6S/c1-25(2)37-35(41)31(21-26-11-7-5-8-12-26)38(23-27-15-17-28(36)18-16-27)34(40)24-39(46(42,43)30-13-9-6-10-14-30)29-19-20-32(44-3)33(22-29)45-4/h5-20,22,25,31H,21,23-24H2,1-4H3,(H,37,41)/t31-/m0/s1. The highest BCUT2D eigenvalue weighted by Gasteiger charge is 2.35. The van der Waals surface area contributed by atoms with Crippen LogP contribution in [0.15, 0.2) is 112 Å². The molecule has 0 spiro atoms. The molecule has 0 bridgehead atoms. The van der Waals surface area contributed by atoms with Gasteiger partial charge in [0.05, 0.1) is 24.8 Å². The first-order chi connectivity index (χ1) is 22.0. The zero-order valence-electron chi connectivity index (χ0n) is 26.2. The summed E-state index contributed by atoms with van der Waals surface area (Å²) in [5, 5.41) is 2.96. The van der Waals surface area contributed by atoms with Gasteiger partial charge in [-0.2, -0.15) is 0 Å². The molecule has 9 nitrogen and oxygen atoms in total. The molecule has 0 unspecified atom stereocenters. The maximum Gasteiger partial charge on any atom is 0.264 e. The van der Waals surface area contributed by atoms with Gasteiger partial charge in [0.25, 0.3) is 10.0 Å². The quantitative estimate of drug-likeness (QED) is 0.177. The van der Waals surface area contributed by atoms with Crippen LogP contribution in [-0.4, -0.2) is 58.0 Å². The lowest BCUT2D eigenvalue weighted by molar-refractivity contribution is -0.140. The Morgan fingerprint density at radius 3 is 2.00 bits per heavy atom. The molecular formula is C35H38BrN3O6S. The number of amides is 2. The Labute approximate surface area is 279 Å². The average Bonchev–Trinajstić information content (AvgIpc) is 3.06. The van der Waals surface area contributed by atoms with Crippen molar-refractivity contribution in [3.63, 3.8) is 0 Å². The number of hydrogen-bond acceptors (Lipinski definition) is 6.